The molecule has 3 N–H and O–H groups in total. The van der Waals surface area contributed by atoms with Crippen LogP contribution in [0.2, 0.25) is 0 Å². The molecule has 1 heterocycles. The van der Waals surface area contributed by atoms with Gasteiger partial charge in [-0.1, -0.05) is 0 Å². The van der Waals surface area contributed by atoms with Crippen LogP contribution in [0.25, 0.3) is 0 Å². The summed E-state index contributed by atoms with van der Waals surface area (Å²) in [4.78, 5) is 0.139. The van der Waals surface area contributed by atoms with Gasteiger partial charge >= 0.3 is 0 Å². The van der Waals surface area contributed by atoms with Crippen molar-refractivity contribution in [1.82, 2.24) is 4.72 Å². The molecule has 1 atom stereocenters. The summed E-state index contributed by atoms with van der Waals surface area (Å²) in [5, 5.41) is 0. The molecule has 2 aromatic rings. The first-order valence-corrected chi connectivity index (χ1v) is 7.78. The van der Waals surface area contributed by atoms with Crippen LogP contribution < -0.4 is 10.5 Å². The molecule has 0 bridgehead atoms. The van der Waals surface area contributed by atoms with Crippen molar-refractivity contribution in [3.05, 3.63) is 46.8 Å². The van der Waals surface area contributed by atoms with Crippen LogP contribution >= 0.6 is 15.9 Å². The maximum atomic E-state index is 12.2. The summed E-state index contributed by atoms with van der Waals surface area (Å²) in [6.45, 7) is 1.71. The average molecular weight is 345 g/mol. The van der Waals surface area contributed by atoms with Crippen LogP contribution in [-0.2, 0) is 10.0 Å². The van der Waals surface area contributed by atoms with Crippen molar-refractivity contribution in [3.63, 3.8) is 0 Å². The Labute approximate surface area is 120 Å². The molecule has 0 radical (unpaired) electrons. The van der Waals surface area contributed by atoms with E-state index in [0.717, 1.165) is 0 Å². The van der Waals surface area contributed by atoms with E-state index in [0.29, 0.717) is 15.9 Å². The predicted octanol–water partition coefficient (Wildman–Crippen LogP) is 2.66. The summed E-state index contributed by atoms with van der Waals surface area (Å²) >= 11 is 3.20. The minimum absolute atomic E-state index is 0.139. The second-order valence-corrected chi connectivity index (χ2v) is 6.58. The third kappa shape index (κ3) is 3.17. The van der Waals surface area contributed by atoms with Crippen LogP contribution in [0, 0.1) is 0 Å². The van der Waals surface area contributed by atoms with Crippen LogP contribution in [0.1, 0.15) is 18.7 Å². The minimum atomic E-state index is -3.65. The van der Waals surface area contributed by atoms with E-state index in [9.17, 15) is 8.42 Å². The summed E-state index contributed by atoms with van der Waals surface area (Å²) < 4.78 is 32.6. The number of hydrogen-bond acceptors (Lipinski definition) is 4. The molecule has 1 unspecified atom stereocenters. The summed E-state index contributed by atoms with van der Waals surface area (Å²) in [5.41, 5.74) is 6.08. The molecule has 0 aliphatic rings. The van der Waals surface area contributed by atoms with Crippen LogP contribution in [0.4, 0.5) is 5.69 Å². The van der Waals surface area contributed by atoms with Gasteiger partial charge in [-0.2, -0.15) is 0 Å². The predicted molar refractivity (Wildman–Crippen MR) is 76.0 cm³/mol. The van der Waals surface area contributed by atoms with Gasteiger partial charge < -0.3 is 10.2 Å². The smallest absolute Gasteiger partial charge is 0.242 e. The first-order chi connectivity index (χ1) is 8.90. The molecule has 102 valence electrons. The van der Waals surface area contributed by atoms with Gasteiger partial charge in [-0.3, -0.25) is 0 Å². The molecule has 7 heteroatoms. The summed E-state index contributed by atoms with van der Waals surface area (Å²) in [6.07, 6.45) is 1.50. The molecule has 0 amide bonds. The van der Waals surface area contributed by atoms with Crippen molar-refractivity contribution < 1.29 is 12.8 Å². The molecule has 0 saturated heterocycles. The molecular formula is C12H13BrN2O3S. The average Bonchev–Trinajstić information content (AvgIpc) is 2.80. The van der Waals surface area contributed by atoms with Gasteiger partial charge in [0.2, 0.25) is 10.0 Å². The van der Waals surface area contributed by atoms with Crippen molar-refractivity contribution in [3.8, 4) is 0 Å². The first-order valence-electron chi connectivity index (χ1n) is 5.51. The maximum absolute atomic E-state index is 12.2. The van der Waals surface area contributed by atoms with Gasteiger partial charge in [0, 0.05) is 10.2 Å². The Bertz CT molecular complexity index is 668. The standard InChI is InChI=1S/C12H13BrN2O3S/c1-8(11-3-2-6-18-11)15-19(16,17)12-5-4-9(14)7-10(12)13/h2-8,15H,14H2,1H3. The fourth-order valence-electron chi connectivity index (χ4n) is 1.63. The lowest BCUT2D eigenvalue weighted by atomic mass is 10.3. The minimum Gasteiger partial charge on any atom is -0.468 e. The third-order valence-electron chi connectivity index (χ3n) is 2.55. The van der Waals surface area contributed by atoms with E-state index >= 15 is 0 Å². The number of furan rings is 1. The summed E-state index contributed by atoms with van der Waals surface area (Å²) in [7, 11) is -3.65. The molecule has 1 aromatic heterocycles. The van der Waals surface area contributed by atoms with Crippen molar-refractivity contribution in [1.29, 1.82) is 0 Å². The van der Waals surface area contributed by atoms with Crippen LogP contribution in [-0.4, -0.2) is 8.42 Å². The topological polar surface area (TPSA) is 85.3 Å². The number of hydrogen-bond donors (Lipinski definition) is 2. The Kier molecular flexibility index (Phi) is 3.98. The zero-order valence-electron chi connectivity index (χ0n) is 10.1. The van der Waals surface area contributed by atoms with Crippen LogP contribution in [0.5, 0.6) is 0 Å². The Morgan fingerprint density at radius 2 is 2.11 bits per heavy atom. The largest absolute Gasteiger partial charge is 0.468 e. The Morgan fingerprint density at radius 1 is 1.37 bits per heavy atom. The lowest BCUT2D eigenvalue weighted by Gasteiger charge is -2.13. The van der Waals surface area contributed by atoms with E-state index in [2.05, 4.69) is 20.7 Å². The molecule has 0 spiro atoms. The maximum Gasteiger partial charge on any atom is 0.242 e. The van der Waals surface area contributed by atoms with Gasteiger partial charge in [0.25, 0.3) is 0 Å². The lowest BCUT2D eigenvalue weighted by Crippen LogP contribution is -2.27. The second-order valence-electron chi connectivity index (χ2n) is 4.05. The van der Waals surface area contributed by atoms with Crippen LogP contribution in [0.15, 0.2) is 50.4 Å². The highest BCUT2D eigenvalue weighted by Crippen LogP contribution is 2.25. The summed E-state index contributed by atoms with van der Waals surface area (Å²) in [6, 6.07) is 7.51. The Balaban J connectivity index is 2.28. The molecule has 5 nitrogen and oxygen atoms in total. The number of sulfonamides is 1. The normalized spacial score (nSPS) is 13.4. The van der Waals surface area contributed by atoms with E-state index in [-0.39, 0.29) is 4.90 Å². The zero-order valence-corrected chi connectivity index (χ0v) is 12.5. The molecule has 0 aliphatic heterocycles. The number of rotatable bonds is 4. The number of nitrogen functional groups attached to an aromatic ring is 1. The monoisotopic (exact) mass is 344 g/mol. The molecule has 0 aliphatic carbocycles. The molecule has 1 aromatic carbocycles. The second kappa shape index (κ2) is 5.36. The Hall–Kier alpha value is -1.31. The number of anilines is 1. The zero-order chi connectivity index (χ0) is 14.0. The van der Waals surface area contributed by atoms with Gasteiger partial charge in [-0.25, -0.2) is 13.1 Å². The quantitative estimate of drug-likeness (QED) is 0.835. The van der Waals surface area contributed by atoms with Crippen molar-refractivity contribution in [2.24, 2.45) is 0 Å². The lowest BCUT2D eigenvalue weighted by molar-refractivity contribution is 0.459. The fraction of sp³-hybridized carbons (Fsp3) is 0.167. The number of benzene rings is 1. The van der Waals surface area contributed by atoms with E-state index in [4.69, 9.17) is 10.2 Å². The highest BCUT2D eigenvalue weighted by atomic mass is 79.9. The van der Waals surface area contributed by atoms with Crippen molar-refractivity contribution >= 4 is 31.6 Å². The molecular weight excluding hydrogens is 332 g/mol. The van der Waals surface area contributed by atoms with E-state index in [1.165, 1.54) is 18.4 Å². The number of nitrogens with two attached hydrogens (primary N) is 1. The van der Waals surface area contributed by atoms with Gasteiger partial charge in [-0.15, -0.1) is 0 Å². The first kappa shape index (κ1) is 14.1. The molecule has 0 saturated carbocycles. The Morgan fingerprint density at radius 3 is 2.68 bits per heavy atom. The highest BCUT2D eigenvalue weighted by molar-refractivity contribution is 9.10. The van der Waals surface area contributed by atoms with Gasteiger partial charge in [-0.05, 0) is 53.2 Å². The summed E-state index contributed by atoms with van der Waals surface area (Å²) in [5.74, 6) is 0.551. The van der Waals surface area contributed by atoms with E-state index in [1.54, 1.807) is 25.1 Å². The van der Waals surface area contributed by atoms with E-state index in [1.807, 2.05) is 0 Å². The van der Waals surface area contributed by atoms with Crippen molar-refractivity contribution in [2.45, 2.75) is 17.9 Å². The molecule has 2 rings (SSSR count). The highest BCUT2D eigenvalue weighted by Gasteiger charge is 2.22. The van der Waals surface area contributed by atoms with Gasteiger partial charge in [0.15, 0.2) is 0 Å². The van der Waals surface area contributed by atoms with Gasteiger partial charge in [0.1, 0.15) is 5.76 Å². The van der Waals surface area contributed by atoms with E-state index < -0.39 is 16.1 Å². The fourth-order valence-corrected chi connectivity index (χ4v) is 3.93. The van der Waals surface area contributed by atoms with Crippen LogP contribution in [0.3, 0.4) is 0 Å². The SMILES string of the molecule is CC(NS(=O)(=O)c1ccc(N)cc1Br)c1ccco1. The van der Waals surface area contributed by atoms with Crippen molar-refractivity contribution in [2.75, 3.05) is 5.73 Å². The number of halogens is 1. The third-order valence-corrected chi connectivity index (χ3v) is 5.06. The molecule has 0 fully saturated rings. The molecule has 19 heavy (non-hydrogen) atoms. The number of nitrogens with one attached hydrogen (secondary N) is 1. The van der Waals surface area contributed by atoms with Gasteiger partial charge in [0.05, 0.1) is 17.2 Å².